The first-order valence-corrected chi connectivity index (χ1v) is 39.4. The van der Waals surface area contributed by atoms with E-state index in [1.807, 2.05) is 48.5 Å². The highest BCUT2D eigenvalue weighted by Crippen LogP contribution is 2.57. The van der Waals surface area contributed by atoms with Crippen molar-refractivity contribution in [1.82, 2.24) is 0 Å². The van der Waals surface area contributed by atoms with Gasteiger partial charge in [-0.3, -0.25) is 9.13 Å². The molecule has 0 bridgehead atoms. The average molecular weight is 1390 g/mol. The van der Waals surface area contributed by atoms with Gasteiger partial charge in [-0.2, -0.15) is 0 Å². The van der Waals surface area contributed by atoms with Gasteiger partial charge < -0.3 is 28.4 Å². The van der Waals surface area contributed by atoms with Crippen LogP contribution in [0, 0.1) is 23.7 Å². The highest BCUT2D eigenvalue weighted by atomic mass is 32.1. The number of methoxy groups -OCH3 is 1. The van der Waals surface area contributed by atoms with Gasteiger partial charge in [0.15, 0.2) is 39.9 Å². The van der Waals surface area contributed by atoms with Crippen LogP contribution in [0.3, 0.4) is 0 Å². The van der Waals surface area contributed by atoms with Gasteiger partial charge in [-0.15, -0.1) is 45.3 Å². The molecule has 0 radical (unpaired) electrons. The van der Waals surface area contributed by atoms with Gasteiger partial charge in [0, 0.05) is 52.1 Å². The number of rotatable bonds is 33. The molecule has 10 rings (SSSR count). The van der Waals surface area contributed by atoms with E-state index in [0.29, 0.717) is 39.0 Å². The Bertz CT molecular complexity index is 3950. The minimum absolute atomic E-state index is 0.00271. The van der Waals surface area contributed by atoms with Crippen molar-refractivity contribution in [1.29, 1.82) is 0 Å². The molecule has 6 heterocycles. The van der Waals surface area contributed by atoms with Crippen molar-refractivity contribution in [3.8, 4) is 74.9 Å². The number of fused-ring (bicyclic) bond motifs is 2. The molecule has 4 aromatic carbocycles. The summed E-state index contributed by atoms with van der Waals surface area (Å²) in [6.07, 6.45) is 35.0. The summed E-state index contributed by atoms with van der Waals surface area (Å²) in [7, 11) is 1.79. The van der Waals surface area contributed by atoms with E-state index in [1.165, 1.54) is 6.42 Å². The minimum atomic E-state index is -0.117. The van der Waals surface area contributed by atoms with Crippen molar-refractivity contribution in [2.24, 2.45) is 16.7 Å². The molecule has 1 unspecified atom stereocenters. The van der Waals surface area contributed by atoms with Gasteiger partial charge in [0.1, 0.15) is 11.5 Å². The molecular formula is C81H94O8P2S4. The van der Waals surface area contributed by atoms with Crippen LogP contribution in [-0.4, -0.2) is 40.1 Å². The Labute approximate surface area is 585 Å². The topological polar surface area (TPSA) is 89.5 Å². The van der Waals surface area contributed by atoms with Crippen LogP contribution in [-0.2, 0) is 9.13 Å². The van der Waals surface area contributed by atoms with Crippen LogP contribution in [0.5, 0.6) is 34.5 Å². The number of hydrogen-bond donors (Lipinski definition) is 0. The smallest absolute Gasteiger partial charge is 0.192 e. The van der Waals surface area contributed by atoms with Crippen LogP contribution >= 0.6 is 62.3 Å². The third kappa shape index (κ3) is 17.7. The van der Waals surface area contributed by atoms with Crippen LogP contribution in [0.2, 0.25) is 0 Å². The SMILES string of the molecule is C/C=C/c1sc(-c2ccc(-c3cc(OCC(CC)CCCC)c(-c4ccc(-c5sc(/C=C/c6cc(/C=C/c7ccc(P=O)cc7)c(C)cc6/C=C/c6ccc(P=O)cc6)c6c5OCC(CCCC)(CCCC)CO6)s4)cc3OC)s2)c2c1OCC(CCCC)(CCCC)CO2. The van der Waals surface area contributed by atoms with E-state index in [1.54, 1.807) is 52.5 Å². The third-order valence-corrected chi connectivity index (χ3v) is 24.5. The second-order valence-electron chi connectivity index (χ2n) is 25.8. The molecule has 0 spiro atoms. The van der Waals surface area contributed by atoms with E-state index in [9.17, 15) is 9.13 Å². The van der Waals surface area contributed by atoms with Crippen molar-refractivity contribution in [3.63, 3.8) is 0 Å². The predicted octanol–water partition coefficient (Wildman–Crippen LogP) is 25.2. The lowest BCUT2D eigenvalue weighted by molar-refractivity contribution is 0.0794. The van der Waals surface area contributed by atoms with Crippen molar-refractivity contribution in [2.45, 2.75) is 158 Å². The van der Waals surface area contributed by atoms with Crippen LogP contribution in [0.25, 0.3) is 82.9 Å². The summed E-state index contributed by atoms with van der Waals surface area (Å²) >= 11 is 6.96. The average Bonchev–Trinajstić information content (AvgIpc) is 1.64. The van der Waals surface area contributed by atoms with E-state index in [2.05, 4.69) is 153 Å². The molecule has 14 heteroatoms. The molecule has 0 amide bonds. The van der Waals surface area contributed by atoms with E-state index in [0.717, 1.165) is 225 Å². The molecule has 0 saturated carbocycles. The molecule has 8 nitrogen and oxygen atoms in total. The van der Waals surface area contributed by atoms with E-state index in [-0.39, 0.29) is 27.8 Å². The van der Waals surface area contributed by atoms with Crippen LogP contribution in [0.4, 0.5) is 0 Å². The summed E-state index contributed by atoms with van der Waals surface area (Å²) in [5, 5.41) is 1.48. The lowest BCUT2D eigenvalue weighted by Crippen LogP contribution is -2.33. The Kier molecular flexibility index (Phi) is 26.1. The molecule has 500 valence electrons. The normalized spacial score (nSPS) is 14.8. The first-order chi connectivity index (χ1) is 46.4. The number of thiophene rings is 4. The fourth-order valence-electron chi connectivity index (χ4n) is 12.7. The van der Waals surface area contributed by atoms with Gasteiger partial charge >= 0.3 is 0 Å². The molecule has 0 fully saturated rings. The number of hydrogen-bond acceptors (Lipinski definition) is 12. The molecule has 2 aliphatic heterocycles. The number of aryl methyl sites for hydroxylation is 1. The Balaban J connectivity index is 1.05. The maximum absolute atomic E-state index is 11.6. The van der Waals surface area contributed by atoms with Crippen LogP contribution in [0.15, 0.2) is 103 Å². The molecule has 0 aliphatic carbocycles. The number of unbranched alkanes of at least 4 members (excludes halogenated alkanes) is 5. The molecule has 0 N–H and O–H groups in total. The van der Waals surface area contributed by atoms with Gasteiger partial charge in [0.2, 0.25) is 0 Å². The molecule has 4 aromatic heterocycles. The molecule has 2 aliphatic rings. The standard InChI is InChI=1S/C81H94O8P2S4/c1-10-17-23-56(16-7)50-85-67-49-64(68-38-40-72(92-68)78-76-74(70(94-78)22-15-6)86-51-80(53-88-76,42-18-11-2)43-19-12-3)66(84-9)48-65(67)69-39-41-73(93-69)79-77-75(87-52-81(54-89-77,44-20-13-4)45-21-14-5)71(95-79)37-32-61-47-59(30-24-57-26-33-62(90-82)34-27-57)55(8)46-60(61)31-25-58-28-35-63(91-83)36-29-58/h15,22,24-41,46-49,56H,10-14,16-21,23,42-45,50-54H2,1-9H3/b22-15+,30-24+,31-25+,37-32+. The van der Waals surface area contributed by atoms with Gasteiger partial charge in [-0.1, -0.05) is 179 Å². The molecule has 0 saturated heterocycles. The molecular weight excluding hydrogens is 1290 g/mol. The fourth-order valence-corrected chi connectivity index (χ4v) is 17.8. The van der Waals surface area contributed by atoms with Gasteiger partial charge in [0.25, 0.3) is 0 Å². The zero-order valence-corrected chi connectivity index (χ0v) is 62.1. The highest BCUT2D eigenvalue weighted by Gasteiger charge is 2.39. The van der Waals surface area contributed by atoms with E-state index >= 15 is 0 Å². The summed E-state index contributed by atoms with van der Waals surface area (Å²) < 4.78 is 65.1. The molecule has 1 atom stereocenters. The second-order valence-corrected chi connectivity index (χ2v) is 31.5. The van der Waals surface area contributed by atoms with E-state index in [4.69, 9.17) is 28.4 Å². The van der Waals surface area contributed by atoms with Crippen molar-refractivity contribution in [2.75, 3.05) is 40.1 Å². The van der Waals surface area contributed by atoms with Gasteiger partial charge in [-0.25, -0.2) is 0 Å². The first kappa shape index (κ1) is 71.4. The van der Waals surface area contributed by atoms with Crippen LogP contribution < -0.4 is 39.0 Å². The third-order valence-electron chi connectivity index (χ3n) is 18.7. The van der Waals surface area contributed by atoms with Crippen LogP contribution in [0.1, 0.15) is 194 Å². The maximum Gasteiger partial charge on any atom is 0.192 e. The lowest BCUT2D eigenvalue weighted by atomic mass is 9.79. The Morgan fingerprint density at radius 1 is 0.484 bits per heavy atom. The summed E-state index contributed by atoms with van der Waals surface area (Å²) in [5.41, 5.74) is 8.20. The van der Waals surface area contributed by atoms with Gasteiger partial charge in [-0.05, 0) is 164 Å². The Morgan fingerprint density at radius 2 is 0.916 bits per heavy atom. The van der Waals surface area contributed by atoms with Crippen molar-refractivity contribution in [3.05, 3.63) is 146 Å². The second kappa shape index (κ2) is 34.7. The maximum atomic E-state index is 11.6. The van der Waals surface area contributed by atoms with Gasteiger partial charge in [0.05, 0.1) is 59.7 Å². The van der Waals surface area contributed by atoms with Crippen molar-refractivity contribution < 1.29 is 37.6 Å². The Morgan fingerprint density at radius 3 is 1.38 bits per heavy atom. The van der Waals surface area contributed by atoms with Crippen molar-refractivity contribution >= 4 is 115 Å². The zero-order chi connectivity index (χ0) is 66.7. The fraction of sp³-hybridized carbons (Fsp3) is 0.407. The zero-order valence-electron chi connectivity index (χ0n) is 57.1. The molecule has 8 aromatic rings. The monoisotopic (exact) mass is 1380 g/mol. The largest absolute Gasteiger partial charge is 0.496 e. The van der Waals surface area contributed by atoms with E-state index < -0.39 is 0 Å². The summed E-state index contributed by atoms with van der Waals surface area (Å²) in [5.74, 6) is 5.37. The summed E-state index contributed by atoms with van der Waals surface area (Å²) in [6.45, 7) is 21.0. The Hall–Kier alpha value is -6.36. The molecule has 95 heavy (non-hydrogen) atoms. The summed E-state index contributed by atoms with van der Waals surface area (Å²) in [4.78, 5) is 8.62. The summed E-state index contributed by atoms with van der Waals surface area (Å²) in [6, 6.07) is 33.4. The minimum Gasteiger partial charge on any atom is -0.496 e. The first-order valence-electron chi connectivity index (χ1n) is 34.5. The number of allylic oxidation sites excluding steroid dienone is 1. The number of benzene rings is 4. The number of ether oxygens (including phenoxy) is 6. The quantitative estimate of drug-likeness (QED) is 0.0297. The highest BCUT2D eigenvalue weighted by molar-refractivity contribution is 7.34. The lowest BCUT2D eigenvalue weighted by Gasteiger charge is -2.31. The predicted molar refractivity (Wildman–Crippen MR) is 410 cm³/mol.